The van der Waals surface area contributed by atoms with Crippen LogP contribution in [0.15, 0.2) is 23.6 Å². The van der Waals surface area contributed by atoms with Crippen molar-refractivity contribution in [3.05, 3.63) is 29.8 Å². The van der Waals surface area contributed by atoms with Crippen molar-refractivity contribution in [2.75, 3.05) is 5.88 Å². The monoisotopic (exact) mass is 359 g/mol. The van der Waals surface area contributed by atoms with Gasteiger partial charge in [0.15, 0.2) is 0 Å². The molecule has 0 spiro atoms. The quantitative estimate of drug-likeness (QED) is 0.726. The minimum atomic E-state index is -2.88. The molecule has 0 radical (unpaired) electrons. The van der Waals surface area contributed by atoms with Crippen molar-refractivity contribution in [1.82, 2.24) is 9.99 Å². The van der Waals surface area contributed by atoms with E-state index in [0.717, 1.165) is 24.0 Å². The van der Waals surface area contributed by atoms with Crippen LogP contribution >= 0.6 is 11.6 Å². The van der Waals surface area contributed by atoms with Crippen LogP contribution in [0.4, 0.5) is 13.2 Å². The molecule has 1 aliphatic carbocycles. The minimum Gasteiger partial charge on any atom is -0.272 e. The lowest BCUT2D eigenvalue weighted by Crippen LogP contribution is -2.48. The molecule has 0 saturated heterocycles. The molecule has 1 fully saturated rings. The number of alkyl halides is 3. The van der Waals surface area contributed by atoms with Gasteiger partial charge in [0.25, 0.3) is 12.3 Å². The van der Waals surface area contributed by atoms with Crippen molar-refractivity contribution in [1.29, 1.82) is 0 Å². The fourth-order valence-electron chi connectivity index (χ4n) is 3.00. The van der Waals surface area contributed by atoms with Gasteiger partial charge in [0.1, 0.15) is 11.2 Å². The number of hydrazone groups is 1. The van der Waals surface area contributed by atoms with Gasteiger partial charge in [-0.15, -0.1) is 11.6 Å². The zero-order valence-electron chi connectivity index (χ0n) is 12.8. The fraction of sp³-hybridized carbons (Fsp3) is 0.562. The second kappa shape index (κ2) is 6.70. The number of carbonyl (C=O) groups excluding carboxylic acids is 1. The highest BCUT2D eigenvalue weighted by molar-refractivity contribution is 6.20. The number of hydrogen-bond acceptors (Lipinski definition) is 3. The van der Waals surface area contributed by atoms with E-state index in [4.69, 9.17) is 11.6 Å². The molecule has 0 N–H and O–H groups in total. The molecular formula is C16H17ClF3N3O. The van der Waals surface area contributed by atoms with Gasteiger partial charge in [-0.3, -0.25) is 9.78 Å². The molecule has 2 aliphatic rings. The lowest BCUT2D eigenvalue weighted by molar-refractivity contribution is -0.153. The Hall–Kier alpha value is -1.63. The Kier molecular flexibility index (Phi) is 4.80. The van der Waals surface area contributed by atoms with Crippen LogP contribution in [0.3, 0.4) is 0 Å². The maximum absolute atomic E-state index is 13.8. The second-order valence-corrected chi connectivity index (χ2v) is 6.64. The number of aromatic nitrogens is 1. The number of hydrogen-bond donors (Lipinski definition) is 0. The summed E-state index contributed by atoms with van der Waals surface area (Å²) in [6.45, 7) is 0. The van der Waals surface area contributed by atoms with E-state index in [1.165, 1.54) is 18.5 Å². The molecule has 0 bridgehead atoms. The summed E-state index contributed by atoms with van der Waals surface area (Å²) in [5.41, 5.74) is -1.53. The molecule has 1 saturated carbocycles. The van der Waals surface area contributed by atoms with Crippen LogP contribution in [0.1, 0.15) is 37.3 Å². The Bertz CT molecular complexity index is 653. The summed E-state index contributed by atoms with van der Waals surface area (Å²) in [6, 6.07) is 0.597. The number of halogens is 4. The zero-order chi connectivity index (χ0) is 17.3. The lowest BCUT2D eigenvalue weighted by Gasteiger charge is -2.34. The molecule has 0 aromatic carbocycles. The second-order valence-electron chi connectivity index (χ2n) is 6.37. The molecule has 2 unspecified atom stereocenters. The van der Waals surface area contributed by atoms with Gasteiger partial charge in [0, 0.05) is 24.7 Å². The van der Waals surface area contributed by atoms with Crippen LogP contribution in [0.2, 0.25) is 0 Å². The number of nitrogens with zero attached hydrogens (tertiary/aromatic N) is 3. The van der Waals surface area contributed by atoms with Crippen LogP contribution in [0.5, 0.6) is 0 Å². The summed E-state index contributed by atoms with van der Waals surface area (Å²) in [5.74, 6) is -1.73. The molecule has 2 heterocycles. The predicted octanol–water partition coefficient (Wildman–Crippen LogP) is 3.77. The Morgan fingerprint density at radius 1 is 1.42 bits per heavy atom. The summed E-state index contributed by atoms with van der Waals surface area (Å²) in [6.07, 6.45) is 3.07. The molecule has 1 aromatic rings. The first-order chi connectivity index (χ1) is 11.5. The normalized spacial score (nSPS) is 22.9. The molecule has 3 rings (SSSR count). The lowest BCUT2D eigenvalue weighted by atomic mass is 9.83. The highest BCUT2D eigenvalue weighted by Gasteiger charge is 2.53. The van der Waals surface area contributed by atoms with E-state index in [1.807, 2.05) is 0 Å². The molecule has 130 valence electrons. The van der Waals surface area contributed by atoms with Gasteiger partial charge in [-0.05, 0) is 24.0 Å². The van der Waals surface area contributed by atoms with Crippen LogP contribution < -0.4 is 0 Å². The average molecular weight is 360 g/mol. The molecule has 24 heavy (non-hydrogen) atoms. The Balaban J connectivity index is 1.89. The average Bonchev–Trinajstić information content (AvgIpc) is 3.23. The first-order valence-electron chi connectivity index (χ1n) is 7.78. The predicted molar refractivity (Wildman–Crippen MR) is 83.4 cm³/mol. The van der Waals surface area contributed by atoms with Crippen LogP contribution in [-0.4, -0.2) is 34.4 Å². The standard InChI is InChI=1S/C16H17ClF3N3O/c17-9-16(14(19)20,6-10-1-2-10)15(24)23-13(3-4-22-23)11-5-12(18)8-21-7-11/h4-5,7-8,10,13-14H,1-3,6,9H2. The number of pyridine rings is 1. The molecular weight excluding hydrogens is 343 g/mol. The van der Waals surface area contributed by atoms with Gasteiger partial charge in [0.05, 0.1) is 12.2 Å². The van der Waals surface area contributed by atoms with E-state index in [2.05, 4.69) is 10.1 Å². The SMILES string of the molecule is O=C(N1N=CCC1c1cncc(F)c1)C(CCl)(CC1CC1)C(F)F. The van der Waals surface area contributed by atoms with Gasteiger partial charge >= 0.3 is 0 Å². The minimum absolute atomic E-state index is 0.0488. The van der Waals surface area contributed by atoms with E-state index in [-0.39, 0.29) is 12.3 Å². The van der Waals surface area contributed by atoms with E-state index >= 15 is 0 Å². The van der Waals surface area contributed by atoms with Crippen molar-refractivity contribution in [3.63, 3.8) is 0 Å². The van der Waals surface area contributed by atoms with Gasteiger partial charge in [-0.2, -0.15) is 5.10 Å². The van der Waals surface area contributed by atoms with Crippen LogP contribution in [-0.2, 0) is 4.79 Å². The Labute approximate surface area is 142 Å². The van der Waals surface area contributed by atoms with Crippen molar-refractivity contribution in [2.24, 2.45) is 16.4 Å². The van der Waals surface area contributed by atoms with Gasteiger partial charge in [-0.25, -0.2) is 18.2 Å². The third-order valence-corrected chi connectivity index (χ3v) is 5.06. The first kappa shape index (κ1) is 17.2. The van der Waals surface area contributed by atoms with Crippen molar-refractivity contribution < 1.29 is 18.0 Å². The van der Waals surface area contributed by atoms with Crippen molar-refractivity contribution >= 4 is 23.7 Å². The maximum Gasteiger partial charge on any atom is 0.256 e. The molecule has 4 nitrogen and oxygen atoms in total. The summed E-state index contributed by atoms with van der Waals surface area (Å²) in [5, 5.41) is 4.98. The number of rotatable bonds is 6. The zero-order valence-corrected chi connectivity index (χ0v) is 13.6. The van der Waals surface area contributed by atoms with Gasteiger partial charge in [-0.1, -0.05) is 12.8 Å². The first-order valence-corrected chi connectivity index (χ1v) is 8.32. The summed E-state index contributed by atoms with van der Waals surface area (Å²) in [7, 11) is 0. The number of amides is 1. The number of carbonyl (C=O) groups is 1. The van der Waals surface area contributed by atoms with E-state index in [0.29, 0.717) is 12.0 Å². The molecule has 8 heteroatoms. The topological polar surface area (TPSA) is 45.6 Å². The van der Waals surface area contributed by atoms with Crippen LogP contribution in [0, 0.1) is 17.2 Å². The summed E-state index contributed by atoms with van der Waals surface area (Å²) < 4.78 is 41.0. The Morgan fingerprint density at radius 3 is 2.75 bits per heavy atom. The summed E-state index contributed by atoms with van der Waals surface area (Å²) in [4.78, 5) is 16.7. The highest BCUT2D eigenvalue weighted by atomic mass is 35.5. The maximum atomic E-state index is 13.8. The van der Waals surface area contributed by atoms with Crippen molar-refractivity contribution in [3.8, 4) is 0 Å². The van der Waals surface area contributed by atoms with E-state index < -0.39 is 35.5 Å². The van der Waals surface area contributed by atoms with Crippen LogP contribution in [0.25, 0.3) is 0 Å². The largest absolute Gasteiger partial charge is 0.272 e. The van der Waals surface area contributed by atoms with Gasteiger partial charge < -0.3 is 0 Å². The van der Waals surface area contributed by atoms with Crippen molar-refractivity contribution in [2.45, 2.75) is 38.2 Å². The third-order valence-electron chi connectivity index (χ3n) is 4.58. The molecule has 1 amide bonds. The third kappa shape index (κ3) is 3.14. The highest BCUT2D eigenvalue weighted by Crippen LogP contribution is 2.46. The van der Waals surface area contributed by atoms with E-state index in [1.54, 1.807) is 0 Å². The van der Waals surface area contributed by atoms with Gasteiger partial charge in [0.2, 0.25) is 0 Å². The smallest absolute Gasteiger partial charge is 0.256 e. The van der Waals surface area contributed by atoms with E-state index in [9.17, 15) is 18.0 Å². The fourth-order valence-corrected chi connectivity index (χ4v) is 3.34. The molecule has 1 aromatic heterocycles. The summed E-state index contributed by atoms with van der Waals surface area (Å²) >= 11 is 5.83. The molecule has 1 aliphatic heterocycles. The Morgan fingerprint density at radius 2 is 2.17 bits per heavy atom. The molecule has 2 atom stereocenters.